The van der Waals surface area contributed by atoms with Gasteiger partial charge in [-0.2, -0.15) is 0 Å². The number of aliphatic hydroxyl groups is 1. The molecule has 2 atom stereocenters. The minimum absolute atomic E-state index is 0.124. The quantitative estimate of drug-likeness (QED) is 0.276. The lowest BCUT2D eigenvalue weighted by Crippen LogP contribution is -2.40. The Balaban J connectivity index is 0.000000415. The van der Waals surface area contributed by atoms with Crippen LogP contribution in [-0.2, 0) is 11.3 Å². The number of H-pyrrole nitrogens is 1. The number of carbonyl (C=O) groups excluding carboxylic acids is 1. The molecule has 0 radical (unpaired) electrons. The van der Waals surface area contributed by atoms with Crippen molar-refractivity contribution in [2.45, 2.75) is 104 Å². The molecule has 1 aliphatic heterocycles. The van der Waals surface area contributed by atoms with E-state index in [-0.39, 0.29) is 30.3 Å². The van der Waals surface area contributed by atoms with Crippen LogP contribution < -0.4 is 26.8 Å². The maximum atomic E-state index is 11.2. The summed E-state index contributed by atoms with van der Waals surface area (Å²) >= 11 is 0. The Morgan fingerprint density at radius 1 is 1.29 bits per heavy atom. The number of pyridine rings is 1. The molecule has 1 aliphatic rings. The number of rotatable bonds is 10. The number of anilines is 2. The molecule has 3 rings (SSSR count). The van der Waals surface area contributed by atoms with E-state index in [1.807, 2.05) is 47.6 Å². The van der Waals surface area contributed by atoms with Gasteiger partial charge in [-0.05, 0) is 71.8 Å². The molecule has 0 spiro atoms. The number of aromatic nitrogens is 3. The molecule has 228 valence electrons. The summed E-state index contributed by atoms with van der Waals surface area (Å²) in [5.74, 6) is 2.17. The highest BCUT2D eigenvalue weighted by atomic mass is 16.6. The number of aromatic amines is 1. The molecule has 2 aromatic heterocycles. The van der Waals surface area contributed by atoms with Gasteiger partial charge in [0.2, 0.25) is 5.56 Å². The van der Waals surface area contributed by atoms with Gasteiger partial charge < -0.3 is 36.1 Å². The van der Waals surface area contributed by atoms with Crippen molar-refractivity contribution in [2.75, 3.05) is 23.4 Å². The number of carbonyl (C=O) groups is 1. The molecule has 0 bridgehead atoms. The molecule has 41 heavy (non-hydrogen) atoms. The summed E-state index contributed by atoms with van der Waals surface area (Å²) in [6, 6.07) is 5.70. The van der Waals surface area contributed by atoms with Crippen LogP contribution in [0.3, 0.4) is 0 Å². The fourth-order valence-corrected chi connectivity index (χ4v) is 4.27. The van der Waals surface area contributed by atoms with Gasteiger partial charge in [0.15, 0.2) is 5.82 Å². The van der Waals surface area contributed by atoms with E-state index in [1.165, 1.54) is 12.5 Å². The predicted molar refractivity (Wildman–Crippen MR) is 165 cm³/mol. The van der Waals surface area contributed by atoms with Crippen LogP contribution >= 0.6 is 0 Å². The SMILES string of the molecule is CC/C(=C/N)c1nc(NCc2ccc(=O)[nH]c2)cc(N2CCCCC2CCO)n1.CCC(C)NC(=O)OC(C)(C)C. The Morgan fingerprint density at radius 3 is 2.63 bits per heavy atom. The number of piperidine rings is 1. The van der Waals surface area contributed by atoms with E-state index in [0.717, 1.165) is 55.6 Å². The second-order valence-electron chi connectivity index (χ2n) is 11.2. The first-order chi connectivity index (χ1) is 19.5. The highest BCUT2D eigenvalue weighted by Gasteiger charge is 2.24. The van der Waals surface area contributed by atoms with E-state index >= 15 is 0 Å². The lowest BCUT2D eigenvalue weighted by atomic mass is 9.99. The van der Waals surface area contributed by atoms with E-state index in [9.17, 15) is 14.7 Å². The van der Waals surface area contributed by atoms with Crippen LogP contribution in [0.4, 0.5) is 16.4 Å². The third kappa shape index (κ3) is 11.8. The number of allylic oxidation sites excluding steroid dienone is 1. The van der Waals surface area contributed by atoms with Gasteiger partial charge >= 0.3 is 6.09 Å². The molecular formula is C30H49N7O4. The molecule has 2 aromatic rings. The second kappa shape index (κ2) is 16.6. The minimum Gasteiger partial charge on any atom is -0.444 e. The molecule has 1 saturated heterocycles. The van der Waals surface area contributed by atoms with Gasteiger partial charge in [0.1, 0.15) is 17.2 Å². The Hall–Kier alpha value is -3.60. The maximum Gasteiger partial charge on any atom is 0.407 e. The molecule has 11 nitrogen and oxygen atoms in total. The van der Waals surface area contributed by atoms with Gasteiger partial charge in [-0.15, -0.1) is 0 Å². The lowest BCUT2D eigenvalue weighted by molar-refractivity contribution is 0.0507. The first-order valence-corrected chi connectivity index (χ1v) is 14.6. The van der Waals surface area contributed by atoms with E-state index in [1.54, 1.807) is 18.5 Å². The molecule has 1 fully saturated rings. The molecular weight excluding hydrogens is 522 g/mol. The van der Waals surface area contributed by atoms with Crippen LogP contribution in [0.5, 0.6) is 0 Å². The summed E-state index contributed by atoms with van der Waals surface area (Å²) in [6.45, 7) is 13.1. The predicted octanol–water partition coefficient (Wildman–Crippen LogP) is 4.54. The molecule has 6 N–H and O–H groups in total. The fourth-order valence-electron chi connectivity index (χ4n) is 4.27. The van der Waals surface area contributed by atoms with Crippen LogP contribution in [0.25, 0.3) is 5.57 Å². The first kappa shape index (κ1) is 33.6. The highest BCUT2D eigenvalue weighted by Crippen LogP contribution is 2.28. The maximum absolute atomic E-state index is 11.2. The molecule has 3 heterocycles. The largest absolute Gasteiger partial charge is 0.444 e. The van der Waals surface area contributed by atoms with E-state index < -0.39 is 5.60 Å². The summed E-state index contributed by atoms with van der Waals surface area (Å²) in [6.07, 6.45) is 8.62. The number of nitrogens with zero attached hydrogens (tertiary/aromatic N) is 3. The van der Waals surface area contributed by atoms with Crippen LogP contribution in [0, 0.1) is 0 Å². The van der Waals surface area contributed by atoms with Crippen LogP contribution in [0.2, 0.25) is 0 Å². The van der Waals surface area contributed by atoms with Crippen molar-refractivity contribution in [1.29, 1.82) is 0 Å². The minimum atomic E-state index is -0.405. The van der Waals surface area contributed by atoms with Gasteiger partial charge in [-0.3, -0.25) is 4.79 Å². The Bertz CT molecular complexity index is 1150. The number of aliphatic hydroxyl groups excluding tert-OH is 1. The van der Waals surface area contributed by atoms with Gasteiger partial charge in [-0.25, -0.2) is 14.8 Å². The average molecular weight is 572 g/mol. The number of nitrogens with two attached hydrogens (primary N) is 1. The van der Waals surface area contributed by atoms with Crippen molar-refractivity contribution in [3.8, 4) is 0 Å². The topological polar surface area (TPSA) is 158 Å². The van der Waals surface area contributed by atoms with Gasteiger partial charge in [0, 0.05) is 61.9 Å². The standard InChI is InChI=1S/C21H30N6O2.C9H19NO2/c1-2-16(12-22)21-25-18(23-13-15-6-7-20(29)24-14-15)11-19(26-21)27-9-4-3-5-17(27)8-10-28;1-6-7(2)10-8(11)12-9(3,4)5/h6-7,11-12,14,17,28H,2-5,8-10,13,22H2,1H3,(H,24,29)(H,23,25,26);7H,6H2,1-5H3,(H,10,11)/b16-12-;. The molecule has 0 aliphatic carbocycles. The number of ether oxygens (including phenoxy) is 1. The number of hydrogen-bond acceptors (Lipinski definition) is 9. The summed E-state index contributed by atoms with van der Waals surface area (Å²) in [7, 11) is 0. The summed E-state index contributed by atoms with van der Waals surface area (Å²) in [4.78, 5) is 36.8. The van der Waals surface area contributed by atoms with E-state index in [0.29, 0.717) is 18.2 Å². The second-order valence-corrected chi connectivity index (χ2v) is 11.2. The van der Waals surface area contributed by atoms with Gasteiger partial charge in [0.25, 0.3) is 0 Å². The smallest absolute Gasteiger partial charge is 0.407 e. The summed E-state index contributed by atoms with van der Waals surface area (Å²) in [5.41, 5.74) is 7.11. The van der Waals surface area contributed by atoms with Crippen LogP contribution in [0.15, 0.2) is 35.4 Å². The normalized spacial score (nSPS) is 16.3. The third-order valence-corrected chi connectivity index (χ3v) is 6.66. The van der Waals surface area contributed by atoms with Gasteiger partial charge in [-0.1, -0.05) is 19.9 Å². The molecule has 2 unspecified atom stereocenters. The average Bonchev–Trinajstić information content (AvgIpc) is 2.93. The van der Waals surface area contributed by atoms with E-state index in [4.69, 9.17) is 15.5 Å². The number of amides is 1. The zero-order valence-corrected chi connectivity index (χ0v) is 25.5. The zero-order valence-electron chi connectivity index (χ0n) is 25.5. The fraction of sp³-hybridized carbons (Fsp3) is 0.600. The number of alkyl carbamates (subject to hydrolysis) is 1. The first-order valence-electron chi connectivity index (χ1n) is 14.6. The monoisotopic (exact) mass is 571 g/mol. The summed E-state index contributed by atoms with van der Waals surface area (Å²) < 4.78 is 5.06. The Labute approximate surface area is 244 Å². The van der Waals surface area contributed by atoms with Crippen molar-refractivity contribution in [3.63, 3.8) is 0 Å². The third-order valence-electron chi connectivity index (χ3n) is 6.66. The van der Waals surface area contributed by atoms with Crippen molar-refractivity contribution < 1.29 is 14.6 Å². The Kier molecular flexibility index (Phi) is 13.6. The van der Waals surface area contributed by atoms with Crippen molar-refractivity contribution >= 4 is 23.3 Å². The van der Waals surface area contributed by atoms with Crippen molar-refractivity contribution in [3.05, 3.63) is 52.3 Å². The summed E-state index contributed by atoms with van der Waals surface area (Å²) in [5, 5.41) is 15.5. The van der Waals surface area contributed by atoms with Crippen LogP contribution in [0.1, 0.15) is 91.5 Å². The zero-order chi connectivity index (χ0) is 30.4. The van der Waals surface area contributed by atoms with Crippen LogP contribution in [-0.4, -0.2) is 57.0 Å². The highest BCUT2D eigenvalue weighted by molar-refractivity contribution is 5.68. The Morgan fingerprint density at radius 2 is 2.05 bits per heavy atom. The molecule has 0 aromatic carbocycles. The van der Waals surface area contributed by atoms with Crippen molar-refractivity contribution in [1.82, 2.24) is 20.3 Å². The number of nitrogens with one attached hydrogen (secondary N) is 3. The molecule has 11 heteroatoms. The number of hydrogen-bond donors (Lipinski definition) is 5. The van der Waals surface area contributed by atoms with Crippen molar-refractivity contribution in [2.24, 2.45) is 5.73 Å². The lowest BCUT2D eigenvalue weighted by Gasteiger charge is -2.36. The van der Waals surface area contributed by atoms with E-state index in [2.05, 4.69) is 25.5 Å². The molecule has 0 saturated carbocycles. The van der Waals surface area contributed by atoms with Gasteiger partial charge in [0.05, 0.1) is 0 Å². The molecule has 1 amide bonds.